The van der Waals surface area contributed by atoms with E-state index in [9.17, 15) is 9.90 Å². The Kier molecular flexibility index (Phi) is 4.28. The maximum atomic E-state index is 11.3. The molecule has 2 rings (SSSR count). The summed E-state index contributed by atoms with van der Waals surface area (Å²) in [5.74, 6) is -0.138. The Morgan fingerprint density at radius 2 is 2.14 bits per heavy atom. The summed E-state index contributed by atoms with van der Waals surface area (Å²) in [5, 5.41) is 9.25. The zero-order valence-electron chi connectivity index (χ0n) is 13.1. The van der Waals surface area contributed by atoms with E-state index in [0.29, 0.717) is 12.8 Å². The maximum absolute atomic E-state index is 11.3. The summed E-state index contributed by atoms with van der Waals surface area (Å²) in [4.78, 5) is 11.3. The van der Waals surface area contributed by atoms with E-state index in [2.05, 4.69) is 26.8 Å². The third-order valence-corrected chi connectivity index (χ3v) is 4.17. The minimum absolute atomic E-state index is 0.0601. The first kappa shape index (κ1) is 15.8. The summed E-state index contributed by atoms with van der Waals surface area (Å²) < 4.78 is 5.99. The molecule has 1 aliphatic carbocycles. The number of hydrogen-bond acceptors (Lipinski definition) is 3. The molecule has 3 N–H and O–H groups in total. The van der Waals surface area contributed by atoms with Crippen LogP contribution in [0, 0.1) is 0 Å². The molecule has 0 bridgehead atoms. The fourth-order valence-electron chi connectivity index (χ4n) is 2.78. The number of hydrogen-bond donors (Lipinski definition) is 2. The van der Waals surface area contributed by atoms with Crippen LogP contribution in [-0.2, 0) is 10.2 Å². The van der Waals surface area contributed by atoms with Crippen LogP contribution in [0.25, 0.3) is 0 Å². The van der Waals surface area contributed by atoms with Crippen LogP contribution in [0.4, 0.5) is 0 Å². The van der Waals surface area contributed by atoms with Crippen LogP contribution in [0.5, 0.6) is 5.75 Å². The van der Waals surface area contributed by atoms with Crippen LogP contribution in [0.15, 0.2) is 24.3 Å². The summed E-state index contributed by atoms with van der Waals surface area (Å²) in [5.41, 5.74) is 6.08. The number of carbonyl (C=O) groups is 1. The van der Waals surface area contributed by atoms with Crippen LogP contribution in [0.2, 0.25) is 0 Å². The van der Waals surface area contributed by atoms with Gasteiger partial charge < -0.3 is 15.6 Å². The van der Waals surface area contributed by atoms with Crippen molar-refractivity contribution in [3.8, 4) is 5.75 Å². The van der Waals surface area contributed by atoms with Gasteiger partial charge in [0.2, 0.25) is 0 Å². The summed E-state index contributed by atoms with van der Waals surface area (Å²) >= 11 is 0. The number of carboxylic acids is 1. The predicted molar refractivity (Wildman–Crippen MR) is 82.6 cm³/mol. The van der Waals surface area contributed by atoms with Gasteiger partial charge in [0.05, 0.1) is 0 Å². The minimum atomic E-state index is -1.15. The zero-order valence-corrected chi connectivity index (χ0v) is 13.1. The van der Waals surface area contributed by atoms with E-state index in [0.717, 1.165) is 18.6 Å². The van der Waals surface area contributed by atoms with Crippen molar-refractivity contribution >= 4 is 5.97 Å². The Bertz CT molecular complexity index is 521. The molecule has 1 saturated carbocycles. The normalized spacial score (nSPS) is 26.4. The molecule has 0 amide bonds. The summed E-state index contributed by atoms with van der Waals surface area (Å²) in [6.45, 7) is 6.46. The first-order valence-corrected chi connectivity index (χ1v) is 7.50. The van der Waals surface area contributed by atoms with Crippen LogP contribution < -0.4 is 10.5 Å². The average Bonchev–Trinajstić information content (AvgIpc) is 2.38. The van der Waals surface area contributed by atoms with Crippen molar-refractivity contribution in [2.45, 2.75) is 63.5 Å². The molecule has 1 aromatic rings. The highest BCUT2D eigenvalue weighted by atomic mass is 16.5. The molecule has 0 aliphatic heterocycles. The van der Waals surface area contributed by atoms with E-state index in [4.69, 9.17) is 10.5 Å². The largest absolute Gasteiger partial charge is 0.490 e. The molecular weight excluding hydrogens is 266 g/mol. The zero-order chi connectivity index (χ0) is 15.7. The highest BCUT2D eigenvalue weighted by Gasteiger charge is 2.40. The molecule has 0 spiro atoms. The lowest BCUT2D eigenvalue weighted by Crippen LogP contribution is -2.53. The molecule has 0 radical (unpaired) electrons. The Hall–Kier alpha value is -1.55. The smallest absolute Gasteiger partial charge is 0.323 e. The lowest BCUT2D eigenvalue weighted by Gasteiger charge is -2.34. The molecular formula is C17H25NO3. The molecule has 116 valence electrons. The van der Waals surface area contributed by atoms with E-state index in [1.807, 2.05) is 18.2 Å². The van der Waals surface area contributed by atoms with E-state index in [1.54, 1.807) is 0 Å². The molecule has 2 atom stereocenters. The van der Waals surface area contributed by atoms with E-state index in [1.165, 1.54) is 5.56 Å². The van der Waals surface area contributed by atoms with Crippen molar-refractivity contribution in [3.05, 3.63) is 29.8 Å². The SMILES string of the molecule is CC(C)(C)c1cccc(OC2CCCC(N)(C(=O)O)C2)c1. The average molecular weight is 291 g/mol. The third-order valence-electron chi connectivity index (χ3n) is 4.17. The van der Waals surface area contributed by atoms with Gasteiger partial charge in [0, 0.05) is 6.42 Å². The van der Waals surface area contributed by atoms with Crippen LogP contribution >= 0.6 is 0 Å². The maximum Gasteiger partial charge on any atom is 0.323 e. The number of carboxylic acid groups (broad SMARTS) is 1. The van der Waals surface area contributed by atoms with Crippen LogP contribution in [-0.4, -0.2) is 22.7 Å². The van der Waals surface area contributed by atoms with E-state index >= 15 is 0 Å². The van der Waals surface area contributed by atoms with Gasteiger partial charge >= 0.3 is 5.97 Å². The van der Waals surface area contributed by atoms with Crippen LogP contribution in [0.3, 0.4) is 0 Å². The van der Waals surface area contributed by atoms with Gasteiger partial charge in [0.1, 0.15) is 17.4 Å². The monoisotopic (exact) mass is 291 g/mol. The van der Waals surface area contributed by atoms with Crippen molar-refractivity contribution in [1.29, 1.82) is 0 Å². The lowest BCUT2D eigenvalue weighted by atomic mass is 9.81. The second-order valence-electron chi connectivity index (χ2n) is 7.08. The Morgan fingerprint density at radius 1 is 1.43 bits per heavy atom. The lowest BCUT2D eigenvalue weighted by molar-refractivity contribution is -0.145. The molecule has 1 aromatic carbocycles. The summed E-state index contributed by atoms with van der Waals surface area (Å²) in [6.07, 6.45) is 2.39. The molecule has 0 saturated heterocycles. The topological polar surface area (TPSA) is 72.5 Å². The van der Waals surface area contributed by atoms with Gasteiger partial charge in [-0.25, -0.2) is 0 Å². The second-order valence-corrected chi connectivity index (χ2v) is 7.08. The fourth-order valence-corrected chi connectivity index (χ4v) is 2.78. The molecule has 2 unspecified atom stereocenters. The van der Waals surface area contributed by atoms with Crippen LogP contribution in [0.1, 0.15) is 52.0 Å². The van der Waals surface area contributed by atoms with Crippen molar-refractivity contribution in [3.63, 3.8) is 0 Å². The second kappa shape index (κ2) is 5.68. The highest BCUT2D eigenvalue weighted by Crippen LogP contribution is 2.31. The standard InChI is InChI=1S/C17H25NO3/c1-16(2,3)12-6-4-7-13(10-12)21-14-8-5-9-17(18,11-14)15(19)20/h4,6-7,10,14H,5,8-9,11,18H2,1-3H3,(H,19,20). The predicted octanol–water partition coefficient (Wildman–Crippen LogP) is 3.09. The summed E-state index contributed by atoms with van der Waals surface area (Å²) in [7, 11) is 0. The number of benzene rings is 1. The fraction of sp³-hybridized carbons (Fsp3) is 0.588. The first-order valence-electron chi connectivity index (χ1n) is 7.50. The van der Waals surface area contributed by atoms with E-state index < -0.39 is 11.5 Å². The van der Waals surface area contributed by atoms with Gasteiger partial charge in [-0.15, -0.1) is 0 Å². The number of rotatable bonds is 3. The van der Waals surface area contributed by atoms with Crippen molar-refractivity contribution in [1.82, 2.24) is 0 Å². The Morgan fingerprint density at radius 3 is 2.76 bits per heavy atom. The quantitative estimate of drug-likeness (QED) is 0.897. The molecule has 21 heavy (non-hydrogen) atoms. The Balaban J connectivity index is 2.10. The van der Waals surface area contributed by atoms with Gasteiger partial charge in [0.25, 0.3) is 0 Å². The van der Waals surface area contributed by atoms with Gasteiger partial charge in [-0.05, 0) is 42.4 Å². The summed E-state index contributed by atoms with van der Waals surface area (Å²) in [6, 6.07) is 8.01. The Labute approximate surface area is 126 Å². The third kappa shape index (κ3) is 3.76. The van der Waals surface area contributed by atoms with Gasteiger partial charge in [-0.2, -0.15) is 0 Å². The molecule has 0 heterocycles. The molecule has 1 aliphatic rings. The van der Waals surface area contributed by atoms with E-state index in [-0.39, 0.29) is 11.5 Å². The highest BCUT2D eigenvalue weighted by molar-refractivity contribution is 5.78. The van der Waals surface area contributed by atoms with Crippen molar-refractivity contribution in [2.75, 3.05) is 0 Å². The molecule has 1 fully saturated rings. The first-order chi connectivity index (χ1) is 9.71. The number of ether oxygens (including phenoxy) is 1. The van der Waals surface area contributed by atoms with Gasteiger partial charge in [-0.1, -0.05) is 32.9 Å². The molecule has 4 heteroatoms. The van der Waals surface area contributed by atoms with Gasteiger partial charge in [-0.3, -0.25) is 4.79 Å². The van der Waals surface area contributed by atoms with Crippen molar-refractivity contribution in [2.24, 2.45) is 5.73 Å². The molecule has 0 aromatic heterocycles. The number of aliphatic carboxylic acids is 1. The van der Waals surface area contributed by atoms with Gasteiger partial charge in [0.15, 0.2) is 0 Å². The number of nitrogens with two attached hydrogens (primary N) is 1. The minimum Gasteiger partial charge on any atom is -0.490 e. The molecule has 4 nitrogen and oxygen atoms in total. The van der Waals surface area contributed by atoms with Crippen molar-refractivity contribution < 1.29 is 14.6 Å².